The van der Waals surface area contributed by atoms with Crippen molar-refractivity contribution in [2.45, 2.75) is 31.1 Å². The maximum atomic E-state index is 12.4. The van der Waals surface area contributed by atoms with Crippen LogP contribution in [0.25, 0.3) is 6.08 Å². The van der Waals surface area contributed by atoms with E-state index in [9.17, 15) is 8.42 Å². The monoisotopic (exact) mass is 371 g/mol. The van der Waals surface area contributed by atoms with E-state index >= 15 is 0 Å². The lowest BCUT2D eigenvalue weighted by Gasteiger charge is -2.29. The fourth-order valence-electron chi connectivity index (χ4n) is 3.58. The zero-order chi connectivity index (χ0) is 18.5. The van der Waals surface area contributed by atoms with Gasteiger partial charge in [-0.3, -0.25) is 0 Å². The number of hydrogen-bond donors (Lipinski definition) is 1. The Hall–Kier alpha value is -2.11. The van der Waals surface area contributed by atoms with Crippen LogP contribution in [0.1, 0.15) is 36.8 Å². The summed E-state index contributed by atoms with van der Waals surface area (Å²) in [5.41, 5.74) is 1.90. The summed E-state index contributed by atoms with van der Waals surface area (Å²) in [7, 11) is -1.84. The van der Waals surface area contributed by atoms with Crippen LogP contribution < -0.4 is 9.46 Å². The minimum absolute atomic E-state index is 0.139. The van der Waals surface area contributed by atoms with Crippen LogP contribution in [-0.4, -0.2) is 22.1 Å². The van der Waals surface area contributed by atoms with E-state index in [1.165, 1.54) is 11.0 Å². The van der Waals surface area contributed by atoms with E-state index in [0.29, 0.717) is 6.54 Å². The summed E-state index contributed by atoms with van der Waals surface area (Å²) >= 11 is 0. The Balaban J connectivity index is 1.73. The van der Waals surface area contributed by atoms with Crippen molar-refractivity contribution >= 4 is 16.1 Å². The number of hydrogen-bond acceptors (Lipinski definition) is 3. The zero-order valence-electron chi connectivity index (χ0n) is 15.0. The van der Waals surface area contributed by atoms with Crippen molar-refractivity contribution in [3.63, 3.8) is 0 Å². The van der Waals surface area contributed by atoms with Crippen LogP contribution in [0.2, 0.25) is 0 Å². The predicted octanol–water partition coefficient (Wildman–Crippen LogP) is 4.10. The van der Waals surface area contributed by atoms with Crippen molar-refractivity contribution in [1.82, 2.24) is 4.72 Å². The predicted molar refractivity (Wildman–Crippen MR) is 106 cm³/mol. The van der Waals surface area contributed by atoms with Gasteiger partial charge in [0.25, 0.3) is 0 Å². The van der Waals surface area contributed by atoms with Gasteiger partial charge < -0.3 is 4.74 Å². The Morgan fingerprint density at radius 3 is 2.31 bits per heavy atom. The second-order valence-electron chi connectivity index (χ2n) is 6.80. The largest absolute Gasteiger partial charge is 0.497 e. The van der Waals surface area contributed by atoms with Crippen molar-refractivity contribution in [2.24, 2.45) is 0 Å². The molecule has 0 radical (unpaired) electrons. The molecule has 1 aliphatic rings. The molecule has 0 aliphatic heterocycles. The minimum Gasteiger partial charge on any atom is -0.497 e. The van der Waals surface area contributed by atoms with Crippen LogP contribution in [0.3, 0.4) is 0 Å². The third-order valence-electron chi connectivity index (χ3n) is 5.11. The molecule has 3 rings (SSSR count). The summed E-state index contributed by atoms with van der Waals surface area (Å²) in [4.78, 5) is 0. The van der Waals surface area contributed by atoms with Gasteiger partial charge >= 0.3 is 0 Å². The molecule has 138 valence electrons. The fourth-order valence-corrected chi connectivity index (χ4v) is 4.49. The first-order valence-corrected chi connectivity index (χ1v) is 10.5. The van der Waals surface area contributed by atoms with Crippen molar-refractivity contribution in [1.29, 1.82) is 0 Å². The molecule has 0 aromatic heterocycles. The van der Waals surface area contributed by atoms with Gasteiger partial charge in [-0.1, -0.05) is 55.3 Å². The topological polar surface area (TPSA) is 55.4 Å². The first kappa shape index (κ1) is 18.7. The molecular weight excluding hydrogens is 346 g/mol. The lowest BCUT2D eigenvalue weighted by Crippen LogP contribution is -2.38. The molecule has 4 nitrogen and oxygen atoms in total. The van der Waals surface area contributed by atoms with Gasteiger partial charge in [0.2, 0.25) is 10.0 Å². The number of methoxy groups -OCH3 is 1. The molecule has 1 aliphatic carbocycles. The summed E-state index contributed by atoms with van der Waals surface area (Å²) in [5, 5.41) is 1.25. The van der Waals surface area contributed by atoms with Crippen molar-refractivity contribution in [2.75, 3.05) is 13.7 Å². The molecular formula is C21H25NO3S. The summed E-state index contributed by atoms with van der Waals surface area (Å²) in [5.74, 6) is 0.813. The molecule has 0 bridgehead atoms. The first-order chi connectivity index (χ1) is 12.5. The Morgan fingerprint density at radius 1 is 1.04 bits per heavy atom. The van der Waals surface area contributed by atoms with Gasteiger partial charge in [0.15, 0.2) is 0 Å². The van der Waals surface area contributed by atoms with Gasteiger partial charge in [-0.2, -0.15) is 0 Å². The van der Waals surface area contributed by atoms with Gasteiger partial charge in [0.1, 0.15) is 5.75 Å². The summed E-state index contributed by atoms with van der Waals surface area (Å²) < 4.78 is 32.9. The number of benzene rings is 2. The van der Waals surface area contributed by atoms with E-state index in [4.69, 9.17) is 4.74 Å². The Kier molecular flexibility index (Phi) is 5.79. The van der Waals surface area contributed by atoms with Crippen LogP contribution in [0, 0.1) is 0 Å². The van der Waals surface area contributed by atoms with Gasteiger partial charge in [0.05, 0.1) is 7.11 Å². The maximum Gasteiger partial charge on any atom is 0.233 e. The van der Waals surface area contributed by atoms with Gasteiger partial charge in [-0.15, -0.1) is 0 Å². The lowest BCUT2D eigenvalue weighted by molar-refractivity contribution is 0.410. The van der Waals surface area contributed by atoms with Gasteiger partial charge in [-0.25, -0.2) is 13.1 Å². The zero-order valence-corrected chi connectivity index (χ0v) is 15.8. The molecule has 0 saturated heterocycles. The number of rotatable bonds is 7. The van der Waals surface area contributed by atoms with Crippen molar-refractivity contribution < 1.29 is 13.2 Å². The van der Waals surface area contributed by atoms with E-state index in [1.54, 1.807) is 13.2 Å². The summed E-state index contributed by atoms with van der Waals surface area (Å²) in [6.07, 6.45) is 5.84. The van der Waals surface area contributed by atoms with Gasteiger partial charge in [0, 0.05) is 17.4 Å². The molecule has 0 heterocycles. The fraction of sp³-hybridized carbons (Fsp3) is 0.333. The highest BCUT2D eigenvalue weighted by atomic mass is 32.2. The number of nitrogens with one attached hydrogen (secondary N) is 1. The summed E-state index contributed by atoms with van der Waals surface area (Å²) in [6.45, 7) is 0.417. The Morgan fingerprint density at radius 2 is 1.69 bits per heavy atom. The summed E-state index contributed by atoms with van der Waals surface area (Å²) in [6, 6.07) is 17.4. The molecule has 26 heavy (non-hydrogen) atoms. The second-order valence-corrected chi connectivity index (χ2v) is 8.45. The highest BCUT2D eigenvalue weighted by Crippen LogP contribution is 2.41. The molecule has 5 heteroatoms. The van der Waals surface area contributed by atoms with E-state index in [1.807, 2.05) is 42.5 Å². The van der Waals surface area contributed by atoms with E-state index in [2.05, 4.69) is 16.9 Å². The van der Waals surface area contributed by atoms with Crippen molar-refractivity contribution in [3.8, 4) is 5.75 Å². The highest BCUT2D eigenvalue weighted by molar-refractivity contribution is 7.92. The molecule has 0 amide bonds. The quantitative estimate of drug-likeness (QED) is 0.797. The van der Waals surface area contributed by atoms with E-state index in [0.717, 1.165) is 37.0 Å². The van der Waals surface area contributed by atoms with Crippen LogP contribution in [-0.2, 0) is 15.4 Å². The first-order valence-electron chi connectivity index (χ1n) is 8.90. The van der Waals surface area contributed by atoms with Crippen LogP contribution in [0.15, 0.2) is 60.0 Å². The van der Waals surface area contributed by atoms with Gasteiger partial charge in [-0.05, 0) is 42.2 Å². The second kappa shape index (κ2) is 8.06. The molecule has 1 fully saturated rings. The van der Waals surface area contributed by atoms with Crippen molar-refractivity contribution in [3.05, 3.63) is 71.1 Å². The average molecular weight is 372 g/mol. The molecule has 0 unspecified atom stereocenters. The average Bonchev–Trinajstić information content (AvgIpc) is 3.16. The van der Waals surface area contributed by atoms with Crippen LogP contribution in [0.5, 0.6) is 5.75 Å². The SMILES string of the molecule is COc1ccc(C2(CNS(=O)(=O)/C=C/c3ccccc3)CCCC2)cc1. The Bertz CT molecular complexity index is 837. The molecule has 0 atom stereocenters. The number of sulfonamides is 1. The van der Waals surface area contributed by atoms with E-state index < -0.39 is 10.0 Å². The third kappa shape index (κ3) is 4.54. The molecule has 2 aromatic rings. The van der Waals surface area contributed by atoms with Crippen LogP contribution in [0.4, 0.5) is 0 Å². The highest BCUT2D eigenvalue weighted by Gasteiger charge is 2.36. The minimum atomic E-state index is -3.48. The molecule has 1 saturated carbocycles. The normalized spacial score (nSPS) is 16.8. The Labute approximate surface area is 156 Å². The third-order valence-corrected chi connectivity index (χ3v) is 6.16. The van der Waals surface area contributed by atoms with E-state index in [-0.39, 0.29) is 5.41 Å². The molecule has 0 spiro atoms. The smallest absolute Gasteiger partial charge is 0.233 e. The maximum absolute atomic E-state index is 12.4. The molecule has 1 N–H and O–H groups in total. The lowest BCUT2D eigenvalue weighted by atomic mass is 9.79. The van der Waals surface area contributed by atoms with Crippen LogP contribution >= 0.6 is 0 Å². The molecule has 2 aromatic carbocycles. The standard InChI is InChI=1S/C21H25NO3S/c1-25-20-11-9-19(10-12-20)21(14-5-6-15-21)17-22-26(23,24)16-13-18-7-3-2-4-8-18/h2-4,7-13,16,22H,5-6,14-15,17H2,1H3/b16-13+. The number of ether oxygens (including phenoxy) is 1.